The van der Waals surface area contributed by atoms with Gasteiger partial charge in [0.2, 0.25) is 5.91 Å². The highest BCUT2D eigenvalue weighted by Gasteiger charge is 2.32. The van der Waals surface area contributed by atoms with Crippen molar-refractivity contribution in [1.82, 2.24) is 24.6 Å². The van der Waals surface area contributed by atoms with Crippen molar-refractivity contribution >= 4 is 17.2 Å². The first-order valence-electron chi connectivity index (χ1n) is 8.72. The monoisotopic (exact) mass is 345 g/mol. The number of amides is 1. The zero-order chi connectivity index (χ0) is 16.5. The highest BCUT2D eigenvalue weighted by atomic mass is 32.1. The second kappa shape index (κ2) is 6.64. The molecule has 2 aromatic heterocycles. The van der Waals surface area contributed by atoms with Gasteiger partial charge < -0.3 is 9.47 Å². The van der Waals surface area contributed by atoms with Crippen molar-refractivity contribution in [3.63, 3.8) is 0 Å². The molecule has 7 heteroatoms. The molecule has 1 amide bonds. The lowest BCUT2D eigenvalue weighted by Gasteiger charge is -2.30. The predicted molar refractivity (Wildman–Crippen MR) is 92.7 cm³/mol. The van der Waals surface area contributed by atoms with Gasteiger partial charge in [0.05, 0.1) is 19.1 Å². The largest absolute Gasteiger partial charge is 0.334 e. The molecule has 6 nitrogen and oxygen atoms in total. The van der Waals surface area contributed by atoms with Crippen molar-refractivity contribution in [2.75, 3.05) is 19.6 Å². The maximum absolute atomic E-state index is 12.8. The van der Waals surface area contributed by atoms with Crippen LogP contribution in [-0.4, -0.2) is 50.1 Å². The maximum Gasteiger partial charge on any atom is 0.237 e. The smallest absolute Gasteiger partial charge is 0.237 e. The SMILES string of the molecule is CCc1nnc2n1CCN(CC(=O)N1CCC[C@H]1c1cccs1)C2. The van der Waals surface area contributed by atoms with E-state index < -0.39 is 0 Å². The van der Waals surface area contributed by atoms with Gasteiger partial charge in [-0.05, 0) is 24.3 Å². The van der Waals surface area contributed by atoms with Gasteiger partial charge in [-0.3, -0.25) is 9.69 Å². The minimum absolute atomic E-state index is 0.245. The van der Waals surface area contributed by atoms with Crippen LogP contribution in [0.3, 0.4) is 0 Å². The summed E-state index contributed by atoms with van der Waals surface area (Å²) >= 11 is 1.75. The van der Waals surface area contributed by atoms with E-state index in [-0.39, 0.29) is 11.9 Å². The Kier molecular flexibility index (Phi) is 4.37. The molecule has 4 heterocycles. The van der Waals surface area contributed by atoms with Crippen molar-refractivity contribution < 1.29 is 4.79 Å². The second-order valence-electron chi connectivity index (χ2n) is 6.51. The van der Waals surface area contributed by atoms with Crippen molar-refractivity contribution in [2.24, 2.45) is 0 Å². The second-order valence-corrected chi connectivity index (χ2v) is 7.49. The topological polar surface area (TPSA) is 54.3 Å². The molecule has 2 aromatic rings. The van der Waals surface area contributed by atoms with Crippen LogP contribution in [0.25, 0.3) is 0 Å². The van der Waals surface area contributed by atoms with E-state index >= 15 is 0 Å². The molecule has 0 bridgehead atoms. The molecule has 2 aliphatic heterocycles. The predicted octanol–water partition coefficient (Wildman–Crippen LogP) is 2.08. The summed E-state index contributed by atoms with van der Waals surface area (Å²) in [5, 5.41) is 10.6. The van der Waals surface area contributed by atoms with Crippen molar-refractivity contribution in [3.8, 4) is 0 Å². The van der Waals surface area contributed by atoms with E-state index in [1.165, 1.54) is 4.88 Å². The Balaban J connectivity index is 1.41. The summed E-state index contributed by atoms with van der Waals surface area (Å²) in [6, 6.07) is 4.50. The van der Waals surface area contributed by atoms with E-state index in [0.29, 0.717) is 6.54 Å². The van der Waals surface area contributed by atoms with Crippen molar-refractivity contribution in [3.05, 3.63) is 34.0 Å². The molecule has 0 N–H and O–H groups in total. The van der Waals surface area contributed by atoms with Gasteiger partial charge in [0, 0.05) is 30.9 Å². The quantitative estimate of drug-likeness (QED) is 0.851. The highest BCUT2D eigenvalue weighted by molar-refractivity contribution is 7.10. The number of fused-ring (bicyclic) bond motifs is 1. The Morgan fingerprint density at radius 1 is 1.33 bits per heavy atom. The average molecular weight is 345 g/mol. The van der Waals surface area contributed by atoms with Crippen molar-refractivity contribution in [2.45, 2.75) is 45.3 Å². The van der Waals surface area contributed by atoms with Crippen LogP contribution >= 0.6 is 11.3 Å². The van der Waals surface area contributed by atoms with Gasteiger partial charge in [0.25, 0.3) is 0 Å². The zero-order valence-corrected chi connectivity index (χ0v) is 14.8. The fourth-order valence-electron chi connectivity index (χ4n) is 3.79. The molecule has 0 aliphatic carbocycles. The zero-order valence-electron chi connectivity index (χ0n) is 14.0. The number of rotatable bonds is 4. The fraction of sp³-hybridized carbons (Fsp3) is 0.588. The average Bonchev–Trinajstić information content (AvgIpc) is 3.33. The number of likely N-dealkylation sites (tertiary alicyclic amines) is 1. The molecule has 0 unspecified atom stereocenters. The van der Waals surface area contributed by atoms with Crippen molar-refractivity contribution in [1.29, 1.82) is 0 Å². The van der Waals surface area contributed by atoms with Crippen LogP contribution in [-0.2, 0) is 24.3 Å². The third-order valence-corrected chi connectivity index (χ3v) is 6.00. The molecule has 0 spiro atoms. The third kappa shape index (κ3) is 2.86. The first-order valence-corrected chi connectivity index (χ1v) is 9.60. The molecule has 1 saturated heterocycles. The van der Waals surface area contributed by atoms with E-state index in [1.807, 2.05) is 0 Å². The molecule has 24 heavy (non-hydrogen) atoms. The molecule has 0 aromatic carbocycles. The first-order chi connectivity index (χ1) is 11.8. The van der Waals surface area contributed by atoms with E-state index in [2.05, 4.69) is 49.0 Å². The summed E-state index contributed by atoms with van der Waals surface area (Å²) in [5.74, 6) is 2.28. The number of nitrogens with zero attached hydrogens (tertiary/aromatic N) is 5. The normalized spacial score (nSPS) is 21.2. The summed E-state index contributed by atoms with van der Waals surface area (Å²) in [5.41, 5.74) is 0. The standard InChI is InChI=1S/C17H23N5OS/c1-2-15-18-19-16-11-20(8-9-22(15)16)12-17(23)21-7-3-5-13(21)14-6-4-10-24-14/h4,6,10,13H,2-3,5,7-9,11-12H2,1H3/t13-/m0/s1. The van der Waals surface area contributed by atoms with Crippen LogP contribution in [0.15, 0.2) is 17.5 Å². The first kappa shape index (κ1) is 15.8. The van der Waals surface area contributed by atoms with Gasteiger partial charge in [-0.15, -0.1) is 21.5 Å². The summed E-state index contributed by atoms with van der Waals surface area (Å²) in [6.07, 6.45) is 3.09. The van der Waals surface area contributed by atoms with E-state index in [4.69, 9.17) is 0 Å². The van der Waals surface area contributed by atoms with Gasteiger partial charge in [-0.2, -0.15) is 0 Å². The molecule has 4 rings (SSSR count). The number of aromatic nitrogens is 3. The number of hydrogen-bond donors (Lipinski definition) is 0. The Morgan fingerprint density at radius 2 is 2.25 bits per heavy atom. The van der Waals surface area contributed by atoms with Gasteiger partial charge in [-0.25, -0.2) is 0 Å². The molecular weight excluding hydrogens is 322 g/mol. The van der Waals surface area contributed by atoms with Crippen LogP contribution in [0.5, 0.6) is 0 Å². The summed E-state index contributed by atoms with van der Waals surface area (Å²) in [6.45, 7) is 5.96. The molecule has 128 valence electrons. The molecular formula is C17H23N5OS. The van der Waals surface area contributed by atoms with Crippen LogP contribution in [0.4, 0.5) is 0 Å². The van der Waals surface area contributed by atoms with Gasteiger partial charge in [-0.1, -0.05) is 13.0 Å². The highest BCUT2D eigenvalue weighted by Crippen LogP contribution is 2.34. The lowest BCUT2D eigenvalue weighted by Crippen LogP contribution is -2.43. The molecule has 0 radical (unpaired) electrons. The Hall–Kier alpha value is -1.73. The lowest BCUT2D eigenvalue weighted by atomic mass is 10.2. The Morgan fingerprint density at radius 3 is 3.04 bits per heavy atom. The molecule has 1 fully saturated rings. The van der Waals surface area contributed by atoms with Crippen LogP contribution < -0.4 is 0 Å². The summed E-state index contributed by atoms with van der Waals surface area (Å²) in [4.78, 5) is 18.4. The summed E-state index contributed by atoms with van der Waals surface area (Å²) < 4.78 is 2.20. The summed E-state index contributed by atoms with van der Waals surface area (Å²) in [7, 11) is 0. The van der Waals surface area contributed by atoms with Crippen LogP contribution in [0.1, 0.15) is 42.3 Å². The van der Waals surface area contributed by atoms with E-state index in [0.717, 1.165) is 57.1 Å². The maximum atomic E-state index is 12.8. The Labute approximate surface area is 146 Å². The lowest BCUT2D eigenvalue weighted by molar-refractivity contribution is -0.133. The minimum atomic E-state index is 0.245. The van der Waals surface area contributed by atoms with Gasteiger partial charge in [0.15, 0.2) is 0 Å². The molecule has 2 aliphatic rings. The number of carbonyl (C=O) groups is 1. The molecule has 1 atom stereocenters. The van der Waals surface area contributed by atoms with Crippen LogP contribution in [0.2, 0.25) is 0 Å². The number of aryl methyl sites for hydroxylation is 1. The van der Waals surface area contributed by atoms with E-state index in [1.54, 1.807) is 11.3 Å². The third-order valence-electron chi connectivity index (χ3n) is 5.03. The van der Waals surface area contributed by atoms with E-state index in [9.17, 15) is 4.79 Å². The number of carbonyl (C=O) groups excluding carboxylic acids is 1. The minimum Gasteiger partial charge on any atom is -0.334 e. The van der Waals surface area contributed by atoms with Gasteiger partial charge in [0.1, 0.15) is 11.6 Å². The van der Waals surface area contributed by atoms with Crippen LogP contribution in [0, 0.1) is 0 Å². The molecule has 0 saturated carbocycles. The number of hydrogen-bond acceptors (Lipinski definition) is 5. The van der Waals surface area contributed by atoms with Gasteiger partial charge >= 0.3 is 0 Å². The number of thiophene rings is 1. The Bertz CT molecular complexity index is 711. The fourth-order valence-corrected chi connectivity index (χ4v) is 4.66.